The molecule has 0 bridgehead atoms. The topological polar surface area (TPSA) is 70.8 Å². The molecule has 6 rings (SSSR count). The van der Waals surface area contributed by atoms with Crippen molar-refractivity contribution in [3.8, 4) is 0 Å². The Bertz CT molecular complexity index is 1400. The number of halogens is 3. The van der Waals surface area contributed by atoms with Crippen molar-refractivity contribution < 1.29 is 32.0 Å². The highest BCUT2D eigenvalue weighted by molar-refractivity contribution is 6.24. The van der Waals surface area contributed by atoms with Crippen LogP contribution in [0.25, 0.3) is 6.08 Å². The van der Waals surface area contributed by atoms with Gasteiger partial charge in [0.05, 0.1) is 35.4 Å². The SMILES string of the molecule is O=C(c1ccco1)[C@@H]1[C@@H]2C(=O)N(c3cccc(C(F)(F)F)c3)C(=O)[C@H]2[C@H]2c3ccccc3C=CN12. The minimum atomic E-state index is -4.64. The minimum Gasteiger partial charge on any atom is -0.461 e. The van der Waals surface area contributed by atoms with E-state index in [1.54, 1.807) is 23.2 Å². The number of nitrogens with zero attached hydrogens (tertiary/aromatic N) is 2. The normalized spacial score (nSPS) is 25.0. The number of fused-ring (bicyclic) bond motifs is 5. The van der Waals surface area contributed by atoms with Crippen molar-refractivity contribution >= 4 is 29.4 Å². The lowest BCUT2D eigenvalue weighted by atomic mass is 9.84. The minimum absolute atomic E-state index is 0.0411. The summed E-state index contributed by atoms with van der Waals surface area (Å²) in [5.74, 6) is -3.80. The lowest BCUT2D eigenvalue weighted by Gasteiger charge is -2.35. The van der Waals surface area contributed by atoms with Crippen LogP contribution in [0.5, 0.6) is 0 Å². The van der Waals surface area contributed by atoms with Gasteiger partial charge in [-0.15, -0.1) is 0 Å². The average molecular weight is 478 g/mol. The van der Waals surface area contributed by atoms with Gasteiger partial charge in [-0.05, 0) is 47.5 Å². The monoisotopic (exact) mass is 478 g/mol. The molecule has 176 valence electrons. The van der Waals surface area contributed by atoms with E-state index in [-0.39, 0.29) is 11.4 Å². The molecule has 0 radical (unpaired) electrons. The number of carbonyl (C=O) groups excluding carboxylic acids is 3. The third kappa shape index (κ3) is 3.07. The fourth-order valence-corrected chi connectivity index (χ4v) is 5.50. The number of carbonyl (C=O) groups is 3. The Morgan fingerprint density at radius 2 is 1.69 bits per heavy atom. The number of hydrogen-bond acceptors (Lipinski definition) is 5. The molecule has 0 N–H and O–H groups in total. The summed E-state index contributed by atoms with van der Waals surface area (Å²) in [6.07, 6.45) is 0.218. The molecule has 2 amide bonds. The molecule has 2 fully saturated rings. The fraction of sp³-hybridized carbons (Fsp3) is 0.192. The van der Waals surface area contributed by atoms with Gasteiger partial charge >= 0.3 is 6.18 Å². The van der Waals surface area contributed by atoms with E-state index in [9.17, 15) is 27.6 Å². The number of hydrogen-bond donors (Lipinski definition) is 0. The van der Waals surface area contributed by atoms with Gasteiger partial charge in [0.2, 0.25) is 17.6 Å². The number of alkyl halides is 3. The molecule has 0 aliphatic carbocycles. The van der Waals surface area contributed by atoms with E-state index < -0.39 is 53.3 Å². The highest BCUT2D eigenvalue weighted by Crippen LogP contribution is 2.53. The van der Waals surface area contributed by atoms with Crippen LogP contribution in [0.15, 0.2) is 77.5 Å². The number of rotatable bonds is 3. The fourth-order valence-electron chi connectivity index (χ4n) is 5.50. The molecule has 6 nitrogen and oxygen atoms in total. The van der Waals surface area contributed by atoms with Crippen molar-refractivity contribution in [1.82, 2.24) is 4.90 Å². The number of Topliss-reactive ketones (excluding diaryl/α,β-unsaturated/α-hetero) is 1. The molecular weight excluding hydrogens is 461 g/mol. The Morgan fingerprint density at radius 3 is 2.43 bits per heavy atom. The molecule has 2 saturated heterocycles. The van der Waals surface area contributed by atoms with Gasteiger partial charge < -0.3 is 9.32 Å². The lowest BCUT2D eigenvalue weighted by Crippen LogP contribution is -2.44. The number of furan rings is 1. The molecule has 4 atom stereocenters. The van der Waals surface area contributed by atoms with E-state index >= 15 is 0 Å². The number of ketones is 1. The largest absolute Gasteiger partial charge is 0.461 e. The number of benzene rings is 2. The summed E-state index contributed by atoms with van der Waals surface area (Å²) in [6.45, 7) is 0. The van der Waals surface area contributed by atoms with Gasteiger partial charge in [-0.3, -0.25) is 14.4 Å². The van der Waals surface area contributed by atoms with Crippen LogP contribution in [-0.2, 0) is 15.8 Å². The second-order valence-electron chi connectivity index (χ2n) is 8.73. The summed E-state index contributed by atoms with van der Waals surface area (Å²) in [4.78, 5) is 43.4. The summed E-state index contributed by atoms with van der Waals surface area (Å²) in [7, 11) is 0. The van der Waals surface area contributed by atoms with E-state index in [4.69, 9.17) is 4.42 Å². The average Bonchev–Trinajstić information content (AvgIpc) is 3.55. The van der Waals surface area contributed by atoms with Crippen molar-refractivity contribution in [3.05, 3.63) is 95.6 Å². The first kappa shape index (κ1) is 21.4. The van der Waals surface area contributed by atoms with E-state index in [0.29, 0.717) is 0 Å². The van der Waals surface area contributed by atoms with Crippen molar-refractivity contribution in [1.29, 1.82) is 0 Å². The molecule has 35 heavy (non-hydrogen) atoms. The summed E-state index contributed by atoms with van der Waals surface area (Å²) in [5, 5.41) is 0. The Labute approximate surface area is 197 Å². The van der Waals surface area contributed by atoms with Crippen LogP contribution < -0.4 is 4.90 Å². The predicted octanol–water partition coefficient (Wildman–Crippen LogP) is 4.70. The highest BCUT2D eigenvalue weighted by atomic mass is 19.4. The number of anilines is 1. The third-order valence-corrected chi connectivity index (χ3v) is 6.93. The molecule has 3 aliphatic heterocycles. The molecule has 0 saturated carbocycles. The summed E-state index contributed by atoms with van der Waals surface area (Å²) < 4.78 is 45.3. The van der Waals surface area contributed by atoms with E-state index in [2.05, 4.69) is 0 Å². The van der Waals surface area contributed by atoms with Crippen LogP contribution in [-0.4, -0.2) is 28.5 Å². The molecule has 4 heterocycles. The van der Waals surface area contributed by atoms with Gasteiger partial charge in [0.15, 0.2) is 5.76 Å². The van der Waals surface area contributed by atoms with Crippen molar-refractivity contribution in [3.63, 3.8) is 0 Å². The van der Waals surface area contributed by atoms with Crippen molar-refractivity contribution in [2.75, 3.05) is 4.90 Å². The molecule has 9 heteroatoms. The quantitative estimate of drug-likeness (QED) is 0.403. The molecule has 1 aromatic heterocycles. The van der Waals surface area contributed by atoms with Crippen molar-refractivity contribution in [2.24, 2.45) is 11.8 Å². The Balaban J connectivity index is 1.49. The zero-order chi connectivity index (χ0) is 24.5. The molecule has 0 spiro atoms. The summed E-state index contributed by atoms with van der Waals surface area (Å²) in [5.41, 5.74) is 0.478. The third-order valence-electron chi connectivity index (χ3n) is 6.93. The number of imide groups is 1. The van der Waals surface area contributed by atoms with E-state index in [1.165, 1.54) is 18.4 Å². The Hall–Kier alpha value is -4.14. The van der Waals surface area contributed by atoms with Gasteiger partial charge in [0.25, 0.3) is 0 Å². The smallest absolute Gasteiger partial charge is 0.416 e. The highest BCUT2D eigenvalue weighted by Gasteiger charge is 2.64. The summed E-state index contributed by atoms with van der Waals surface area (Å²) >= 11 is 0. The zero-order valence-corrected chi connectivity index (χ0v) is 18.0. The lowest BCUT2D eigenvalue weighted by molar-refractivity contribution is -0.137. The standard InChI is InChI=1S/C26H17F3N2O4/c27-26(28,29)15-6-3-7-16(13-15)31-24(33)19-20(25(31)34)22(23(32)18-9-4-12-35-18)30-11-10-14-5-1-2-8-17(14)21(19)30/h1-13,19-22H/t19-,20-,21-,22+/m1/s1. The van der Waals surface area contributed by atoms with E-state index in [1.807, 2.05) is 24.3 Å². The van der Waals surface area contributed by atoms with Crippen molar-refractivity contribution in [2.45, 2.75) is 18.3 Å². The van der Waals surface area contributed by atoms with E-state index in [0.717, 1.165) is 34.2 Å². The number of amides is 2. The molecule has 3 aliphatic rings. The Kier molecular flexibility index (Phi) is 4.54. The van der Waals surface area contributed by atoms with Gasteiger partial charge in [0, 0.05) is 6.20 Å². The Morgan fingerprint density at radius 1 is 0.914 bits per heavy atom. The molecule has 3 aromatic rings. The first-order valence-electron chi connectivity index (χ1n) is 10.9. The summed E-state index contributed by atoms with van der Waals surface area (Å²) in [6, 6.07) is 12.8. The maximum absolute atomic E-state index is 13.7. The molecule has 2 aromatic carbocycles. The van der Waals surface area contributed by atoms with Gasteiger partial charge in [0.1, 0.15) is 6.04 Å². The molecular formula is C26H17F3N2O4. The molecule has 0 unspecified atom stereocenters. The predicted molar refractivity (Wildman–Crippen MR) is 118 cm³/mol. The first-order valence-corrected chi connectivity index (χ1v) is 10.9. The first-order chi connectivity index (χ1) is 16.8. The van der Waals surface area contributed by atoms with Crippen LogP contribution in [0.3, 0.4) is 0 Å². The zero-order valence-electron chi connectivity index (χ0n) is 18.0. The van der Waals surface area contributed by atoms with Crippen LogP contribution in [0.1, 0.15) is 33.3 Å². The van der Waals surface area contributed by atoms with Gasteiger partial charge in [-0.25, -0.2) is 4.90 Å². The van der Waals surface area contributed by atoms with Gasteiger partial charge in [-0.2, -0.15) is 13.2 Å². The van der Waals surface area contributed by atoms with Crippen LogP contribution in [0, 0.1) is 11.8 Å². The second kappa shape index (κ2) is 7.43. The van der Waals surface area contributed by atoms with Crippen LogP contribution in [0.4, 0.5) is 18.9 Å². The maximum atomic E-state index is 13.7. The van der Waals surface area contributed by atoms with Crippen LogP contribution >= 0.6 is 0 Å². The second-order valence-corrected chi connectivity index (χ2v) is 8.73. The van der Waals surface area contributed by atoms with Crippen LogP contribution in [0.2, 0.25) is 0 Å². The maximum Gasteiger partial charge on any atom is 0.416 e. The van der Waals surface area contributed by atoms with Gasteiger partial charge in [-0.1, -0.05) is 30.3 Å².